The van der Waals surface area contributed by atoms with Crippen molar-refractivity contribution in [3.05, 3.63) is 71.9 Å². The first-order valence-electron chi connectivity index (χ1n) is 11.5. The fourth-order valence-corrected chi connectivity index (χ4v) is 5.05. The van der Waals surface area contributed by atoms with Crippen molar-refractivity contribution < 1.29 is 40.7 Å². The molecule has 2 aliphatic heterocycles. The third kappa shape index (κ3) is 3.98. The molecule has 3 heterocycles. The van der Waals surface area contributed by atoms with Crippen molar-refractivity contribution >= 4 is 10.8 Å². The summed E-state index contributed by atoms with van der Waals surface area (Å²) in [6, 6.07) is 18.3. The number of para-hydroxylation sites is 1. The van der Waals surface area contributed by atoms with Crippen LogP contribution < -0.4 is 40.7 Å². The predicted octanol–water partition coefficient (Wildman–Crippen LogP) is 1.72. The summed E-state index contributed by atoms with van der Waals surface area (Å²) in [5, 5.41) is 2.16. The van der Waals surface area contributed by atoms with Gasteiger partial charge in [0.25, 0.3) is 0 Å². The van der Waals surface area contributed by atoms with Gasteiger partial charge in [0.1, 0.15) is 5.75 Å². The molecule has 1 aromatic heterocycles. The third-order valence-electron chi connectivity index (χ3n) is 6.61. The molecule has 0 bridgehead atoms. The van der Waals surface area contributed by atoms with E-state index < -0.39 is 0 Å². The maximum Gasteiger partial charge on any atom is 0.231 e. The summed E-state index contributed by atoms with van der Waals surface area (Å²) in [4.78, 5) is 0. The largest absolute Gasteiger partial charge is 1.00 e. The van der Waals surface area contributed by atoms with Crippen LogP contribution in [-0.2, 0) is 19.4 Å². The Bertz CT molecular complexity index is 1390. The van der Waals surface area contributed by atoms with Crippen LogP contribution in [0.3, 0.4) is 0 Å². The first-order valence-corrected chi connectivity index (χ1v) is 11.5. The molecular formula is C28H26ClNO5. The molecule has 0 unspecified atom stereocenters. The third-order valence-corrected chi connectivity index (χ3v) is 6.61. The molecule has 6 nitrogen and oxygen atoms in total. The molecule has 2 aliphatic rings. The van der Waals surface area contributed by atoms with Crippen molar-refractivity contribution in [1.29, 1.82) is 0 Å². The van der Waals surface area contributed by atoms with Gasteiger partial charge in [-0.3, -0.25) is 0 Å². The van der Waals surface area contributed by atoms with Crippen LogP contribution in [0.15, 0.2) is 60.8 Å². The van der Waals surface area contributed by atoms with Gasteiger partial charge < -0.3 is 36.1 Å². The smallest absolute Gasteiger partial charge is 0.231 e. The second kappa shape index (κ2) is 9.55. The highest BCUT2D eigenvalue weighted by molar-refractivity contribution is 5.95. The minimum atomic E-state index is 0. The van der Waals surface area contributed by atoms with Crippen molar-refractivity contribution in [1.82, 2.24) is 0 Å². The number of ether oxygens (including phenoxy) is 5. The molecule has 0 atom stereocenters. The van der Waals surface area contributed by atoms with E-state index in [-0.39, 0.29) is 19.2 Å². The summed E-state index contributed by atoms with van der Waals surface area (Å²) in [6.07, 6.45) is 3.84. The van der Waals surface area contributed by atoms with Crippen molar-refractivity contribution in [3.63, 3.8) is 0 Å². The zero-order valence-electron chi connectivity index (χ0n) is 19.7. The lowest BCUT2D eigenvalue weighted by Crippen LogP contribution is -3.00. The summed E-state index contributed by atoms with van der Waals surface area (Å²) in [5.41, 5.74) is 4.86. The average molecular weight is 492 g/mol. The topological polar surface area (TPSA) is 50.0 Å². The van der Waals surface area contributed by atoms with E-state index in [0.717, 1.165) is 58.9 Å². The van der Waals surface area contributed by atoms with Crippen molar-refractivity contribution in [3.8, 4) is 40.0 Å². The average Bonchev–Trinajstić information content (AvgIpc) is 3.34. The molecular weight excluding hydrogens is 466 g/mol. The number of aromatic nitrogens is 1. The van der Waals surface area contributed by atoms with E-state index in [2.05, 4.69) is 29.0 Å². The molecule has 0 fully saturated rings. The zero-order valence-corrected chi connectivity index (χ0v) is 20.4. The Morgan fingerprint density at radius 2 is 1.71 bits per heavy atom. The molecule has 0 radical (unpaired) electrons. The predicted molar refractivity (Wildman–Crippen MR) is 128 cm³/mol. The van der Waals surface area contributed by atoms with E-state index in [4.69, 9.17) is 23.7 Å². The van der Waals surface area contributed by atoms with Crippen LogP contribution in [0.5, 0.6) is 28.7 Å². The van der Waals surface area contributed by atoms with Gasteiger partial charge >= 0.3 is 0 Å². The highest BCUT2D eigenvalue weighted by Crippen LogP contribution is 2.43. The number of rotatable bonds is 6. The number of halogens is 1. The zero-order chi connectivity index (χ0) is 23.1. The minimum absolute atomic E-state index is 0. The van der Waals surface area contributed by atoms with Crippen LogP contribution in [-0.4, -0.2) is 27.6 Å². The number of fused-ring (bicyclic) bond motifs is 5. The molecule has 0 amide bonds. The summed E-state index contributed by atoms with van der Waals surface area (Å²) in [7, 11) is 3.36. The quantitative estimate of drug-likeness (QED) is 0.384. The molecule has 0 spiro atoms. The van der Waals surface area contributed by atoms with E-state index in [1.807, 2.05) is 36.4 Å². The van der Waals surface area contributed by atoms with Gasteiger partial charge in [-0.05, 0) is 42.0 Å². The van der Waals surface area contributed by atoms with Gasteiger partial charge in [-0.2, -0.15) is 4.57 Å². The fourth-order valence-electron chi connectivity index (χ4n) is 5.05. The van der Waals surface area contributed by atoms with E-state index in [1.54, 1.807) is 14.2 Å². The van der Waals surface area contributed by atoms with Crippen LogP contribution >= 0.6 is 0 Å². The Labute approximate surface area is 210 Å². The van der Waals surface area contributed by atoms with Crippen LogP contribution in [0.2, 0.25) is 0 Å². The molecule has 0 N–H and O–H groups in total. The van der Waals surface area contributed by atoms with Gasteiger partial charge in [-0.25, -0.2) is 0 Å². The lowest BCUT2D eigenvalue weighted by atomic mass is 9.90. The van der Waals surface area contributed by atoms with E-state index in [1.165, 1.54) is 22.4 Å². The molecule has 6 rings (SSSR count). The number of benzene rings is 3. The first kappa shape index (κ1) is 23.1. The van der Waals surface area contributed by atoms with Crippen LogP contribution in [0.4, 0.5) is 0 Å². The number of nitrogens with zero attached hydrogens (tertiary/aromatic N) is 1. The monoisotopic (exact) mass is 491 g/mol. The van der Waals surface area contributed by atoms with Gasteiger partial charge in [0.05, 0.1) is 31.8 Å². The number of hydrogen-bond donors (Lipinski definition) is 0. The lowest BCUT2D eigenvalue weighted by molar-refractivity contribution is -0.686. The van der Waals surface area contributed by atoms with Gasteiger partial charge in [0.2, 0.25) is 12.5 Å². The van der Waals surface area contributed by atoms with Gasteiger partial charge in [-0.15, -0.1) is 0 Å². The molecule has 7 heteroatoms. The number of methoxy groups -OCH3 is 2. The molecule has 3 aromatic carbocycles. The SMILES string of the molecule is COc1ccc2c(CCOc3ccccc3)c3[n+](cc2c1OC)CCc1cc2c(cc1-3)OCO2.[Cl-]. The maximum absolute atomic E-state index is 6.10. The Kier molecular flexibility index (Phi) is 6.31. The molecule has 180 valence electrons. The first-order chi connectivity index (χ1) is 16.8. The number of pyridine rings is 1. The van der Waals surface area contributed by atoms with Crippen molar-refractivity contribution in [2.45, 2.75) is 19.4 Å². The van der Waals surface area contributed by atoms with Crippen LogP contribution in [0.1, 0.15) is 11.1 Å². The normalized spacial score (nSPS) is 13.0. The second-order valence-electron chi connectivity index (χ2n) is 8.44. The summed E-state index contributed by atoms with van der Waals surface area (Å²) < 4.78 is 31.2. The lowest BCUT2D eigenvalue weighted by Gasteiger charge is -2.21. The fraction of sp³-hybridized carbons (Fsp3) is 0.250. The van der Waals surface area contributed by atoms with Crippen LogP contribution in [0, 0.1) is 0 Å². The summed E-state index contributed by atoms with van der Waals surface area (Å²) >= 11 is 0. The number of hydrogen-bond acceptors (Lipinski definition) is 5. The molecule has 0 saturated heterocycles. The highest BCUT2D eigenvalue weighted by Gasteiger charge is 2.32. The Morgan fingerprint density at radius 3 is 2.49 bits per heavy atom. The van der Waals surface area contributed by atoms with E-state index in [0.29, 0.717) is 6.61 Å². The van der Waals surface area contributed by atoms with Gasteiger partial charge in [0, 0.05) is 23.8 Å². The second-order valence-corrected chi connectivity index (χ2v) is 8.44. The van der Waals surface area contributed by atoms with Crippen LogP contribution in [0.25, 0.3) is 22.0 Å². The standard InChI is InChI=1S/C28H26NO5.ClH/c1-30-24-9-8-20-21(11-13-32-19-6-4-3-5-7-19)27-22-15-26-25(33-17-34-26)14-18(22)10-12-29(27)16-23(20)28(24)31-2;/h3-9,14-16H,10-13,17H2,1-2H3;1H/q+1;/p-1. The van der Waals surface area contributed by atoms with Gasteiger partial charge in [0.15, 0.2) is 35.7 Å². The highest BCUT2D eigenvalue weighted by atomic mass is 35.5. The van der Waals surface area contributed by atoms with Crippen molar-refractivity contribution in [2.24, 2.45) is 0 Å². The molecule has 35 heavy (non-hydrogen) atoms. The van der Waals surface area contributed by atoms with E-state index >= 15 is 0 Å². The number of aryl methyl sites for hydroxylation is 2. The molecule has 4 aromatic rings. The Balaban J connectivity index is 0.00000253. The molecule has 0 saturated carbocycles. The minimum Gasteiger partial charge on any atom is -1.00 e. The van der Waals surface area contributed by atoms with E-state index in [9.17, 15) is 0 Å². The van der Waals surface area contributed by atoms with Crippen molar-refractivity contribution in [2.75, 3.05) is 27.6 Å². The summed E-state index contributed by atoms with van der Waals surface area (Å²) in [5.74, 6) is 3.96. The summed E-state index contributed by atoms with van der Waals surface area (Å²) in [6.45, 7) is 1.69. The van der Waals surface area contributed by atoms with Gasteiger partial charge in [-0.1, -0.05) is 18.2 Å². The Morgan fingerprint density at radius 1 is 0.914 bits per heavy atom. The molecule has 0 aliphatic carbocycles. The maximum atomic E-state index is 6.10. The Hall–Kier alpha value is -3.64.